The van der Waals surface area contributed by atoms with E-state index in [-0.39, 0.29) is 5.78 Å². The molecule has 0 fully saturated rings. The highest BCUT2D eigenvalue weighted by Crippen LogP contribution is 2.25. The van der Waals surface area contributed by atoms with Crippen molar-refractivity contribution in [3.63, 3.8) is 0 Å². The number of carbonyl (C=O) groups excluding carboxylic acids is 1. The van der Waals surface area contributed by atoms with E-state index in [1.807, 2.05) is 89.8 Å². The molecule has 1 heterocycles. The van der Waals surface area contributed by atoms with Gasteiger partial charge >= 0.3 is 0 Å². The maximum absolute atomic E-state index is 12.6. The van der Waals surface area contributed by atoms with E-state index in [2.05, 4.69) is 0 Å². The molecule has 0 unspecified atom stereocenters. The van der Waals surface area contributed by atoms with Crippen molar-refractivity contribution in [3.8, 4) is 22.7 Å². The van der Waals surface area contributed by atoms with Crippen LogP contribution in [0.2, 0.25) is 0 Å². The van der Waals surface area contributed by atoms with E-state index in [0.717, 1.165) is 22.5 Å². The molecule has 0 spiro atoms. The van der Waals surface area contributed by atoms with Crippen LogP contribution in [0.3, 0.4) is 0 Å². The monoisotopic (exact) mass is 380 g/mol. The fraction of sp³-hybridized carbons (Fsp3) is 0.0400. The number of nitrogens with zero attached hydrogens (tertiary/aromatic N) is 2. The van der Waals surface area contributed by atoms with E-state index < -0.39 is 0 Å². The molecule has 0 N–H and O–H groups in total. The second-order valence-corrected chi connectivity index (χ2v) is 6.51. The predicted molar refractivity (Wildman–Crippen MR) is 115 cm³/mol. The van der Waals surface area contributed by atoms with E-state index in [9.17, 15) is 4.79 Å². The lowest BCUT2D eigenvalue weighted by molar-refractivity contribution is 0.104. The Kier molecular flexibility index (Phi) is 5.34. The molecule has 0 aliphatic rings. The van der Waals surface area contributed by atoms with Crippen LogP contribution in [0, 0.1) is 0 Å². The third kappa shape index (κ3) is 4.17. The molecule has 1 aromatic heterocycles. The molecule has 0 saturated heterocycles. The molecule has 29 heavy (non-hydrogen) atoms. The minimum absolute atomic E-state index is 0.0876. The Hall–Kier alpha value is -3.92. The van der Waals surface area contributed by atoms with Crippen LogP contribution in [-0.4, -0.2) is 22.7 Å². The standard InChI is InChI=1S/C25H20N2O2/c1-29-23-14-8-11-20(17-23)24(28)16-15-21-18-27(22-12-6-3-7-13-22)26-25(21)19-9-4-2-5-10-19/h2-18H,1H3/b16-15+. The zero-order valence-electron chi connectivity index (χ0n) is 16.0. The van der Waals surface area contributed by atoms with E-state index >= 15 is 0 Å². The van der Waals surface area contributed by atoms with E-state index in [1.54, 1.807) is 25.3 Å². The minimum Gasteiger partial charge on any atom is -0.497 e. The number of ketones is 1. The quantitative estimate of drug-likeness (QED) is 0.330. The molecule has 4 nitrogen and oxygen atoms in total. The van der Waals surface area contributed by atoms with Crippen LogP contribution in [0.25, 0.3) is 23.0 Å². The summed E-state index contributed by atoms with van der Waals surface area (Å²) in [4.78, 5) is 12.6. The second kappa shape index (κ2) is 8.40. The molecule has 0 atom stereocenters. The smallest absolute Gasteiger partial charge is 0.185 e. The maximum atomic E-state index is 12.6. The molecule has 142 valence electrons. The van der Waals surface area contributed by atoms with Gasteiger partial charge in [-0.25, -0.2) is 4.68 Å². The molecule has 0 saturated carbocycles. The van der Waals surface area contributed by atoms with Gasteiger partial charge in [0.2, 0.25) is 0 Å². The number of carbonyl (C=O) groups is 1. The Labute approximate surface area is 169 Å². The van der Waals surface area contributed by atoms with Gasteiger partial charge in [0.15, 0.2) is 5.78 Å². The van der Waals surface area contributed by atoms with E-state index in [4.69, 9.17) is 9.84 Å². The molecule has 0 aliphatic heterocycles. The average Bonchev–Trinajstić information content (AvgIpc) is 3.23. The topological polar surface area (TPSA) is 44.1 Å². The van der Waals surface area contributed by atoms with Crippen molar-refractivity contribution in [1.29, 1.82) is 0 Å². The summed E-state index contributed by atoms with van der Waals surface area (Å²) in [6.45, 7) is 0. The molecule has 0 aliphatic carbocycles. The van der Waals surface area contributed by atoms with Crippen molar-refractivity contribution in [2.75, 3.05) is 7.11 Å². The first-order chi connectivity index (χ1) is 14.2. The number of allylic oxidation sites excluding steroid dienone is 1. The third-order valence-corrected chi connectivity index (χ3v) is 4.58. The van der Waals surface area contributed by atoms with Crippen LogP contribution in [0.15, 0.2) is 97.2 Å². The second-order valence-electron chi connectivity index (χ2n) is 6.51. The van der Waals surface area contributed by atoms with Crippen molar-refractivity contribution in [3.05, 3.63) is 108 Å². The summed E-state index contributed by atoms with van der Waals surface area (Å²) in [6.07, 6.45) is 5.33. The van der Waals surface area contributed by atoms with Crippen LogP contribution in [0.4, 0.5) is 0 Å². The summed E-state index contributed by atoms with van der Waals surface area (Å²) in [5.41, 5.74) is 4.23. The summed E-state index contributed by atoms with van der Waals surface area (Å²) < 4.78 is 7.04. The Morgan fingerprint density at radius 3 is 2.38 bits per heavy atom. The zero-order valence-corrected chi connectivity index (χ0v) is 16.0. The zero-order chi connectivity index (χ0) is 20.1. The van der Waals surface area contributed by atoms with Gasteiger partial charge in [0.25, 0.3) is 0 Å². The Morgan fingerprint density at radius 2 is 1.66 bits per heavy atom. The lowest BCUT2D eigenvalue weighted by Crippen LogP contribution is -1.95. The van der Waals surface area contributed by atoms with Gasteiger partial charge in [0.05, 0.1) is 18.5 Å². The molecule has 4 aromatic rings. The number of rotatable bonds is 6. The van der Waals surface area contributed by atoms with Gasteiger partial charge in [-0.3, -0.25) is 4.79 Å². The predicted octanol–water partition coefficient (Wildman–Crippen LogP) is 5.44. The maximum Gasteiger partial charge on any atom is 0.185 e. The van der Waals surface area contributed by atoms with Gasteiger partial charge in [-0.15, -0.1) is 0 Å². The molecule has 0 bridgehead atoms. The first-order valence-corrected chi connectivity index (χ1v) is 9.31. The van der Waals surface area contributed by atoms with Crippen molar-refractivity contribution in [2.45, 2.75) is 0 Å². The van der Waals surface area contributed by atoms with Crippen LogP contribution in [0.1, 0.15) is 15.9 Å². The van der Waals surface area contributed by atoms with Crippen LogP contribution < -0.4 is 4.74 Å². The average molecular weight is 380 g/mol. The normalized spacial score (nSPS) is 10.9. The first-order valence-electron chi connectivity index (χ1n) is 9.31. The van der Waals surface area contributed by atoms with Gasteiger partial charge in [0.1, 0.15) is 5.75 Å². The van der Waals surface area contributed by atoms with E-state index in [1.165, 1.54) is 0 Å². The summed E-state index contributed by atoms with van der Waals surface area (Å²) >= 11 is 0. The summed E-state index contributed by atoms with van der Waals surface area (Å²) in [5, 5.41) is 4.76. The number of hydrogen-bond donors (Lipinski definition) is 0. The fourth-order valence-electron chi connectivity index (χ4n) is 3.08. The summed E-state index contributed by atoms with van der Waals surface area (Å²) in [6, 6.07) is 27.0. The number of aromatic nitrogens is 2. The summed E-state index contributed by atoms with van der Waals surface area (Å²) in [7, 11) is 1.59. The van der Waals surface area contributed by atoms with Gasteiger partial charge < -0.3 is 4.74 Å². The molecule has 0 amide bonds. The number of ether oxygens (including phenoxy) is 1. The van der Waals surface area contributed by atoms with Gasteiger partial charge in [-0.1, -0.05) is 60.7 Å². The van der Waals surface area contributed by atoms with Crippen molar-refractivity contribution in [2.24, 2.45) is 0 Å². The fourth-order valence-corrected chi connectivity index (χ4v) is 3.08. The third-order valence-electron chi connectivity index (χ3n) is 4.58. The molecular formula is C25H20N2O2. The molecular weight excluding hydrogens is 360 g/mol. The lowest BCUT2D eigenvalue weighted by atomic mass is 10.1. The van der Waals surface area contributed by atoms with E-state index in [0.29, 0.717) is 11.3 Å². The lowest BCUT2D eigenvalue weighted by Gasteiger charge is -2.01. The molecule has 3 aromatic carbocycles. The first kappa shape index (κ1) is 18.4. The number of methoxy groups -OCH3 is 1. The SMILES string of the molecule is COc1cccc(C(=O)/C=C/c2cn(-c3ccccc3)nc2-c2ccccc2)c1. The highest BCUT2D eigenvalue weighted by atomic mass is 16.5. The Bertz CT molecular complexity index is 1150. The summed E-state index contributed by atoms with van der Waals surface area (Å²) in [5.74, 6) is 0.571. The van der Waals surface area contributed by atoms with Crippen molar-refractivity contribution < 1.29 is 9.53 Å². The number of hydrogen-bond acceptors (Lipinski definition) is 3. The van der Waals surface area contributed by atoms with Crippen LogP contribution in [0.5, 0.6) is 5.75 Å². The largest absolute Gasteiger partial charge is 0.497 e. The highest BCUT2D eigenvalue weighted by Gasteiger charge is 2.11. The molecule has 4 rings (SSSR count). The van der Waals surface area contributed by atoms with Gasteiger partial charge in [-0.2, -0.15) is 5.10 Å². The van der Waals surface area contributed by atoms with Crippen LogP contribution in [-0.2, 0) is 0 Å². The number of benzene rings is 3. The minimum atomic E-state index is -0.0876. The van der Waals surface area contributed by atoms with Crippen molar-refractivity contribution in [1.82, 2.24) is 9.78 Å². The number of para-hydroxylation sites is 1. The van der Waals surface area contributed by atoms with Gasteiger partial charge in [0, 0.05) is 22.9 Å². The highest BCUT2D eigenvalue weighted by molar-refractivity contribution is 6.07. The molecule has 4 heteroatoms. The Balaban J connectivity index is 1.71. The van der Waals surface area contributed by atoms with Crippen LogP contribution >= 0.6 is 0 Å². The molecule has 0 radical (unpaired) electrons. The van der Waals surface area contributed by atoms with Gasteiger partial charge in [-0.05, 0) is 36.4 Å². The van der Waals surface area contributed by atoms with Crippen molar-refractivity contribution >= 4 is 11.9 Å². The Morgan fingerprint density at radius 1 is 0.931 bits per heavy atom.